The van der Waals surface area contributed by atoms with Crippen LogP contribution in [-0.4, -0.2) is 38.6 Å². The molecule has 24 heavy (non-hydrogen) atoms. The van der Waals surface area contributed by atoms with Crippen molar-refractivity contribution in [2.45, 2.75) is 0 Å². The molecule has 0 amide bonds. The number of likely N-dealkylation sites (N-methyl/N-ethyl adjacent to an activating group) is 1. The van der Waals surface area contributed by atoms with Gasteiger partial charge in [-0.1, -0.05) is 12.1 Å². The van der Waals surface area contributed by atoms with E-state index >= 15 is 0 Å². The molecule has 6 nitrogen and oxygen atoms in total. The van der Waals surface area contributed by atoms with Crippen molar-refractivity contribution in [1.82, 2.24) is 4.98 Å². The van der Waals surface area contributed by atoms with Crippen LogP contribution in [0.15, 0.2) is 46.9 Å². The fourth-order valence-corrected chi connectivity index (χ4v) is 2.30. The van der Waals surface area contributed by atoms with Crippen LogP contribution in [0, 0.1) is 0 Å². The first-order chi connectivity index (χ1) is 11.7. The first kappa shape index (κ1) is 15.9. The van der Waals surface area contributed by atoms with Crippen molar-refractivity contribution < 1.29 is 18.7 Å². The molecule has 0 atom stereocenters. The summed E-state index contributed by atoms with van der Waals surface area (Å²) in [6.45, 7) is 1.05. The molecule has 124 valence electrons. The number of para-hydroxylation sites is 2. The van der Waals surface area contributed by atoms with Crippen molar-refractivity contribution in [2.24, 2.45) is 0 Å². The number of carbonyl (C=O) groups excluding carboxylic acids is 1. The van der Waals surface area contributed by atoms with E-state index in [-0.39, 0.29) is 0 Å². The van der Waals surface area contributed by atoms with Crippen molar-refractivity contribution in [2.75, 3.05) is 32.2 Å². The number of aromatic nitrogens is 1. The minimum atomic E-state index is 0.443. The topological polar surface area (TPSA) is 64.8 Å². The Morgan fingerprint density at radius 2 is 2.08 bits per heavy atom. The van der Waals surface area contributed by atoms with Crippen LogP contribution in [0.4, 0.5) is 6.01 Å². The van der Waals surface area contributed by atoms with Gasteiger partial charge in [0.15, 0.2) is 11.9 Å². The molecule has 2 aromatic carbocycles. The molecular weight excluding hydrogens is 308 g/mol. The van der Waals surface area contributed by atoms with Gasteiger partial charge in [-0.3, -0.25) is 4.79 Å². The second kappa shape index (κ2) is 7.04. The third kappa shape index (κ3) is 3.32. The predicted octanol–water partition coefficient (Wildman–Crippen LogP) is 3.16. The minimum Gasteiger partial charge on any atom is -0.496 e. The summed E-state index contributed by atoms with van der Waals surface area (Å²) in [6, 6.07) is 13.3. The number of methoxy groups -OCH3 is 1. The first-order valence-electron chi connectivity index (χ1n) is 7.54. The molecule has 0 radical (unpaired) electrons. The van der Waals surface area contributed by atoms with Crippen molar-refractivity contribution in [1.29, 1.82) is 0 Å². The minimum absolute atomic E-state index is 0.443. The highest BCUT2D eigenvalue weighted by Gasteiger charge is 2.10. The van der Waals surface area contributed by atoms with Crippen molar-refractivity contribution in [3.8, 4) is 11.5 Å². The monoisotopic (exact) mass is 326 g/mol. The summed E-state index contributed by atoms with van der Waals surface area (Å²) in [7, 11) is 3.41. The molecule has 0 fully saturated rings. The van der Waals surface area contributed by atoms with Gasteiger partial charge in [-0.25, -0.2) is 0 Å². The molecule has 0 bridgehead atoms. The molecule has 0 N–H and O–H groups in total. The number of benzene rings is 2. The molecule has 0 unspecified atom stereocenters. The molecule has 0 saturated heterocycles. The maximum Gasteiger partial charge on any atom is 0.298 e. The third-order valence-corrected chi connectivity index (χ3v) is 3.64. The molecular formula is C18H18N2O4. The summed E-state index contributed by atoms with van der Waals surface area (Å²) >= 11 is 0. The lowest BCUT2D eigenvalue weighted by molar-refractivity contribution is 0.112. The van der Waals surface area contributed by atoms with E-state index in [0.29, 0.717) is 36.2 Å². The van der Waals surface area contributed by atoms with Crippen LogP contribution in [0.2, 0.25) is 0 Å². The Morgan fingerprint density at radius 3 is 2.83 bits per heavy atom. The SMILES string of the molecule is COc1cc(OCCN(C)c2nc3ccccc3o2)ccc1C=O. The van der Waals surface area contributed by atoms with Crippen molar-refractivity contribution in [3.05, 3.63) is 48.0 Å². The number of oxazole rings is 1. The summed E-state index contributed by atoms with van der Waals surface area (Å²) in [5.41, 5.74) is 2.08. The van der Waals surface area contributed by atoms with Crippen molar-refractivity contribution in [3.63, 3.8) is 0 Å². The molecule has 1 heterocycles. The Morgan fingerprint density at radius 1 is 1.25 bits per heavy atom. The van der Waals surface area contributed by atoms with E-state index in [1.807, 2.05) is 36.2 Å². The second-order valence-corrected chi connectivity index (χ2v) is 5.26. The molecule has 0 aliphatic heterocycles. The van der Waals surface area contributed by atoms with Gasteiger partial charge in [0, 0.05) is 13.1 Å². The predicted molar refractivity (Wildman–Crippen MR) is 91.2 cm³/mol. The Kier molecular flexibility index (Phi) is 4.65. The van der Waals surface area contributed by atoms with Gasteiger partial charge >= 0.3 is 0 Å². The van der Waals surface area contributed by atoms with E-state index in [9.17, 15) is 4.79 Å². The van der Waals surface area contributed by atoms with Gasteiger partial charge < -0.3 is 18.8 Å². The van der Waals surface area contributed by atoms with Crippen LogP contribution in [0.1, 0.15) is 10.4 Å². The van der Waals surface area contributed by atoms with Gasteiger partial charge in [0.1, 0.15) is 23.6 Å². The Hall–Kier alpha value is -3.02. The van der Waals surface area contributed by atoms with E-state index in [1.165, 1.54) is 7.11 Å². The largest absolute Gasteiger partial charge is 0.496 e. The van der Waals surface area contributed by atoms with E-state index in [1.54, 1.807) is 18.2 Å². The fraction of sp³-hybridized carbons (Fsp3) is 0.222. The van der Waals surface area contributed by atoms with Gasteiger partial charge in [0.25, 0.3) is 6.01 Å². The van der Waals surface area contributed by atoms with Crippen molar-refractivity contribution >= 4 is 23.4 Å². The summed E-state index contributed by atoms with van der Waals surface area (Å²) in [6.07, 6.45) is 0.754. The number of anilines is 1. The molecule has 0 saturated carbocycles. The number of nitrogens with zero attached hydrogens (tertiary/aromatic N) is 2. The Labute approximate surface area is 139 Å². The number of aldehydes is 1. The summed E-state index contributed by atoms with van der Waals surface area (Å²) in [5, 5.41) is 0. The second-order valence-electron chi connectivity index (χ2n) is 5.26. The van der Waals surface area contributed by atoms with Crippen LogP contribution in [0.5, 0.6) is 11.5 Å². The molecule has 3 rings (SSSR count). The fourth-order valence-electron chi connectivity index (χ4n) is 2.30. The van der Waals surface area contributed by atoms with E-state index in [4.69, 9.17) is 13.9 Å². The highest BCUT2D eigenvalue weighted by Crippen LogP contribution is 2.24. The third-order valence-electron chi connectivity index (χ3n) is 3.64. The van der Waals surface area contributed by atoms with Crippen LogP contribution >= 0.6 is 0 Å². The normalized spacial score (nSPS) is 10.6. The lowest BCUT2D eigenvalue weighted by atomic mass is 10.2. The quantitative estimate of drug-likeness (QED) is 0.621. The zero-order chi connectivity index (χ0) is 16.9. The van der Waals surface area contributed by atoms with Gasteiger partial charge in [-0.2, -0.15) is 4.98 Å². The van der Waals surface area contributed by atoms with Gasteiger partial charge in [-0.15, -0.1) is 0 Å². The molecule has 1 aromatic heterocycles. The number of hydrogen-bond donors (Lipinski definition) is 0. The highest BCUT2D eigenvalue weighted by atomic mass is 16.5. The number of ether oxygens (including phenoxy) is 2. The van der Waals surface area contributed by atoms with Crippen LogP contribution < -0.4 is 14.4 Å². The maximum absolute atomic E-state index is 10.9. The number of rotatable bonds is 7. The molecule has 3 aromatic rings. The van der Waals surface area contributed by atoms with Gasteiger partial charge in [-0.05, 0) is 24.3 Å². The number of hydrogen-bond acceptors (Lipinski definition) is 6. The zero-order valence-corrected chi connectivity index (χ0v) is 13.6. The molecule has 0 spiro atoms. The summed E-state index contributed by atoms with van der Waals surface area (Å²) in [5.74, 6) is 1.14. The molecule has 0 aliphatic carbocycles. The molecule has 0 aliphatic rings. The Balaban J connectivity index is 1.60. The smallest absolute Gasteiger partial charge is 0.298 e. The van der Waals surface area contributed by atoms with Gasteiger partial charge in [0.05, 0.1) is 19.2 Å². The van der Waals surface area contributed by atoms with E-state index in [2.05, 4.69) is 4.98 Å². The average Bonchev–Trinajstić information content (AvgIpc) is 3.05. The van der Waals surface area contributed by atoms with E-state index < -0.39 is 0 Å². The van der Waals surface area contributed by atoms with Crippen LogP contribution in [0.3, 0.4) is 0 Å². The van der Waals surface area contributed by atoms with Crippen LogP contribution in [0.25, 0.3) is 11.1 Å². The maximum atomic E-state index is 10.9. The summed E-state index contributed by atoms with van der Waals surface area (Å²) in [4.78, 5) is 17.2. The first-order valence-corrected chi connectivity index (χ1v) is 7.54. The summed E-state index contributed by atoms with van der Waals surface area (Å²) < 4.78 is 16.6. The Bertz CT molecular complexity index is 811. The molecule has 6 heteroatoms. The average molecular weight is 326 g/mol. The lowest BCUT2D eigenvalue weighted by Crippen LogP contribution is -2.23. The standard InChI is InChI=1S/C18H18N2O4/c1-20(18-19-15-5-3-4-6-16(15)24-18)9-10-23-14-8-7-13(12-21)17(11-14)22-2/h3-8,11-12H,9-10H2,1-2H3. The highest BCUT2D eigenvalue weighted by molar-refractivity contribution is 5.79. The van der Waals surface area contributed by atoms with Crippen LogP contribution in [-0.2, 0) is 0 Å². The lowest BCUT2D eigenvalue weighted by Gasteiger charge is -2.15. The number of fused-ring (bicyclic) bond motifs is 1. The number of carbonyl (C=O) groups is 1. The zero-order valence-electron chi connectivity index (χ0n) is 13.6. The van der Waals surface area contributed by atoms with E-state index in [0.717, 1.165) is 17.4 Å². The van der Waals surface area contributed by atoms with Gasteiger partial charge in [0.2, 0.25) is 0 Å².